The molecule has 1 amide bonds. The molecule has 0 fully saturated rings. The molecule has 2 aromatic heterocycles. The second-order valence-corrected chi connectivity index (χ2v) is 13.5. The van der Waals surface area contributed by atoms with Gasteiger partial charge in [0.05, 0.1) is 61.0 Å². The first-order valence-electron chi connectivity index (χ1n) is 17.5. The quantitative estimate of drug-likeness (QED) is 0.0960. The van der Waals surface area contributed by atoms with Gasteiger partial charge in [-0.3, -0.25) is 14.9 Å². The predicted octanol–water partition coefficient (Wildman–Crippen LogP) is 7.90. The molecule has 0 bridgehead atoms. The summed E-state index contributed by atoms with van der Waals surface area (Å²) >= 11 is 0. The maximum Gasteiger partial charge on any atom is 0.415 e. The van der Waals surface area contributed by atoms with Gasteiger partial charge in [-0.05, 0) is 99.8 Å². The van der Waals surface area contributed by atoms with Gasteiger partial charge in [0.25, 0.3) is 0 Å². The molecule has 0 unspecified atom stereocenters. The minimum atomic E-state index is -0.718. The molecule has 286 valence electrons. The van der Waals surface area contributed by atoms with E-state index in [1.165, 1.54) is 4.90 Å². The number of carbonyl (C=O) groups is 1. The van der Waals surface area contributed by atoms with E-state index in [1.807, 2.05) is 12.1 Å². The molecule has 0 saturated heterocycles. The largest absolute Gasteiger partial charge is 0.506 e. The number of anilines is 2. The third-order valence-corrected chi connectivity index (χ3v) is 8.35. The molecule has 0 atom stereocenters. The van der Waals surface area contributed by atoms with E-state index in [9.17, 15) is 20.1 Å². The number of ether oxygens (including phenoxy) is 2. The lowest BCUT2D eigenvalue weighted by atomic mass is 10.1. The summed E-state index contributed by atoms with van der Waals surface area (Å²) in [5.41, 5.74) is 6.57. The fraction of sp³-hybridized carbons (Fsp3) is 0.256. The summed E-state index contributed by atoms with van der Waals surface area (Å²) < 4.78 is 11.7. The highest BCUT2D eigenvalue weighted by atomic mass is 16.6. The minimum absolute atomic E-state index is 0.0339. The summed E-state index contributed by atoms with van der Waals surface area (Å²) in [6.07, 6.45) is 2.68. The van der Waals surface area contributed by atoms with E-state index in [1.54, 1.807) is 108 Å². The van der Waals surface area contributed by atoms with Crippen LogP contribution in [0.5, 0.6) is 11.5 Å². The van der Waals surface area contributed by atoms with Crippen LogP contribution in [-0.4, -0.2) is 37.0 Å². The summed E-state index contributed by atoms with van der Waals surface area (Å²) in [6.45, 7) is 16.1. The van der Waals surface area contributed by atoms with Crippen LogP contribution in [-0.2, 0) is 37.6 Å². The Labute approximate surface area is 326 Å². The molecule has 0 saturated carbocycles. The van der Waals surface area contributed by atoms with E-state index >= 15 is 0 Å². The van der Waals surface area contributed by atoms with E-state index in [0.29, 0.717) is 62.9 Å². The van der Waals surface area contributed by atoms with Gasteiger partial charge in [-0.2, -0.15) is 10.5 Å². The fourth-order valence-electron chi connectivity index (χ4n) is 5.34. The molecule has 0 aliphatic carbocycles. The maximum atomic E-state index is 13.1. The average molecular weight is 754 g/mol. The fourth-order valence-corrected chi connectivity index (χ4v) is 5.34. The number of benzene rings is 3. The van der Waals surface area contributed by atoms with Crippen LogP contribution >= 0.6 is 0 Å². The van der Waals surface area contributed by atoms with Crippen molar-refractivity contribution in [2.45, 2.75) is 73.1 Å². The van der Waals surface area contributed by atoms with Gasteiger partial charge in [-0.1, -0.05) is 24.3 Å². The van der Waals surface area contributed by atoms with Gasteiger partial charge < -0.3 is 30.1 Å². The van der Waals surface area contributed by atoms with Crippen molar-refractivity contribution in [1.29, 1.82) is 10.5 Å². The number of nitrogens with zero attached hydrogens (tertiary/aromatic N) is 6. The second-order valence-electron chi connectivity index (χ2n) is 13.5. The summed E-state index contributed by atoms with van der Waals surface area (Å²) in [4.78, 5) is 26.5. The first-order valence-corrected chi connectivity index (χ1v) is 17.5. The molecule has 2 heterocycles. The van der Waals surface area contributed by atoms with E-state index < -0.39 is 11.7 Å². The third-order valence-electron chi connectivity index (χ3n) is 8.35. The standard InChI is InChI=1S/C28H28N4O4.C15H15N3O2/c1-19-26(35-18-21-6-10-23(30-5)11-7-21)25(17-33)22(15-31-19)16-32(27(34)36-28(2,3)4)24-12-8-20(14-29)9-13-24;1-10-15(20)14(9-19)12(7-17-10)8-18-13-4-2-11(6-16)3-5-13/h6-13,15,33H,16-18H2,1-4H3;2-5,7,18-20H,8-9H2,1H3. The van der Waals surface area contributed by atoms with E-state index in [-0.39, 0.29) is 32.1 Å². The number of aromatic nitrogens is 2. The average Bonchev–Trinajstić information content (AvgIpc) is 3.20. The molecular formula is C43H43N7O6. The Morgan fingerprint density at radius 3 is 1.98 bits per heavy atom. The molecule has 5 aromatic rings. The zero-order chi connectivity index (χ0) is 40.8. The maximum absolute atomic E-state index is 13.1. The molecule has 56 heavy (non-hydrogen) atoms. The summed E-state index contributed by atoms with van der Waals surface area (Å²) in [7, 11) is 0. The van der Waals surface area contributed by atoms with E-state index in [4.69, 9.17) is 26.6 Å². The number of nitriles is 2. The zero-order valence-corrected chi connectivity index (χ0v) is 31.9. The van der Waals surface area contributed by atoms with Crippen molar-refractivity contribution in [3.63, 3.8) is 0 Å². The Kier molecular flexibility index (Phi) is 14.5. The second kappa shape index (κ2) is 19.4. The summed E-state index contributed by atoms with van der Waals surface area (Å²) in [5, 5.41) is 50.5. The minimum Gasteiger partial charge on any atom is -0.506 e. The van der Waals surface area contributed by atoms with Crippen LogP contribution in [0.2, 0.25) is 0 Å². The lowest BCUT2D eigenvalue weighted by molar-refractivity contribution is 0.0577. The van der Waals surface area contributed by atoms with Crippen LogP contribution in [0.15, 0.2) is 85.2 Å². The SMILES string of the molecule is Cc1ncc(CNc2ccc(C#N)cc2)c(CO)c1O.[C-]#[N+]c1ccc(COc2c(C)ncc(CN(C(=O)OC(C)(C)C)c3ccc(C#N)cc3)c2CO)cc1. The van der Waals surface area contributed by atoms with Gasteiger partial charge in [0.1, 0.15) is 23.7 Å². The van der Waals surface area contributed by atoms with Crippen molar-refractivity contribution in [2.24, 2.45) is 0 Å². The van der Waals surface area contributed by atoms with Gasteiger partial charge in [0, 0.05) is 41.4 Å². The molecule has 0 aliphatic rings. The zero-order valence-electron chi connectivity index (χ0n) is 31.9. The highest BCUT2D eigenvalue weighted by Gasteiger charge is 2.26. The molecule has 0 aliphatic heterocycles. The normalized spacial score (nSPS) is 10.5. The molecule has 5 rings (SSSR count). The molecule has 0 radical (unpaired) electrons. The summed E-state index contributed by atoms with van der Waals surface area (Å²) in [5.74, 6) is 0.472. The van der Waals surface area contributed by atoms with Crippen molar-refractivity contribution >= 4 is 23.2 Å². The molecule has 0 spiro atoms. The number of nitrogens with one attached hydrogen (secondary N) is 1. The van der Waals surface area contributed by atoms with Crippen LogP contribution in [0.25, 0.3) is 4.85 Å². The number of rotatable bonds is 11. The molecule has 4 N–H and O–H groups in total. The van der Waals surface area contributed by atoms with Crippen LogP contribution < -0.4 is 15.0 Å². The van der Waals surface area contributed by atoms with Crippen molar-refractivity contribution in [3.8, 4) is 23.6 Å². The molecule has 13 heteroatoms. The number of aliphatic hydroxyl groups excluding tert-OH is 2. The van der Waals surface area contributed by atoms with Crippen molar-refractivity contribution in [3.05, 3.63) is 147 Å². The van der Waals surface area contributed by atoms with E-state index in [2.05, 4.69) is 32.3 Å². The smallest absolute Gasteiger partial charge is 0.415 e. The highest BCUT2D eigenvalue weighted by Crippen LogP contribution is 2.30. The summed E-state index contributed by atoms with van der Waals surface area (Å²) in [6, 6.07) is 24.8. The number of hydrogen-bond donors (Lipinski definition) is 4. The Bertz CT molecular complexity index is 2250. The number of aliphatic hydroxyl groups is 2. The Morgan fingerprint density at radius 2 is 1.43 bits per heavy atom. The number of hydrogen-bond acceptors (Lipinski definition) is 11. The number of aromatic hydroxyl groups is 1. The highest BCUT2D eigenvalue weighted by molar-refractivity contribution is 5.88. The lowest BCUT2D eigenvalue weighted by Crippen LogP contribution is -2.36. The van der Waals surface area contributed by atoms with Crippen LogP contribution in [0.4, 0.5) is 21.9 Å². The molecular weight excluding hydrogens is 711 g/mol. The number of amides is 1. The van der Waals surface area contributed by atoms with Gasteiger partial charge >= 0.3 is 6.09 Å². The number of pyridine rings is 2. The Balaban J connectivity index is 0.000000293. The van der Waals surface area contributed by atoms with Gasteiger partial charge in [-0.25, -0.2) is 9.64 Å². The van der Waals surface area contributed by atoms with Crippen LogP contribution in [0.1, 0.15) is 71.1 Å². The third kappa shape index (κ3) is 11.3. The van der Waals surface area contributed by atoms with Crippen molar-refractivity contribution < 1.29 is 29.6 Å². The van der Waals surface area contributed by atoms with Crippen LogP contribution in [0.3, 0.4) is 0 Å². The molecule has 13 nitrogen and oxygen atoms in total. The van der Waals surface area contributed by atoms with E-state index in [0.717, 1.165) is 16.8 Å². The van der Waals surface area contributed by atoms with Gasteiger partial charge in [-0.15, -0.1) is 0 Å². The first-order chi connectivity index (χ1) is 26.8. The Morgan fingerprint density at radius 1 is 0.857 bits per heavy atom. The first kappa shape index (κ1) is 41.8. The lowest BCUT2D eigenvalue weighted by Gasteiger charge is -2.28. The van der Waals surface area contributed by atoms with Crippen molar-refractivity contribution in [1.82, 2.24) is 9.97 Å². The van der Waals surface area contributed by atoms with Crippen molar-refractivity contribution in [2.75, 3.05) is 10.2 Å². The number of aryl methyl sites for hydroxylation is 2. The van der Waals surface area contributed by atoms with Crippen LogP contribution in [0, 0.1) is 43.1 Å². The number of carbonyl (C=O) groups excluding carboxylic acids is 1. The topological polar surface area (TPSA) is 189 Å². The predicted molar refractivity (Wildman–Crippen MR) is 211 cm³/mol. The molecule has 3 aromatic carbocycles. The van der Waals surface area contributed by atoms with Gasteiger partial charge in [0.15, 0.2) is 5.69 Å². The Hall–Kier alpha value is -6.98. The monoisotopic (exact) mass is 753 g/mol. The van der Waals surface area contributed by atoms with Gasteiger partial charge in [0.2, 0.25) is 0 Å².